The molecule has 2 aromatic heterocycles. The maximum absolute atomic E-state index is 13.6. The molecule has 0 spiro atoms. The second-order valence-electron chi connectivity index (χ2n) is 7.77. The van der Waals surface area contributed by atoms with Crippen LogP contribution in [0.1, 0.15) is 24.0 Å². The van der Waals surface area contributed by atoms with Crippen LogP contribution in [0.25, 0.3) is 15.3 Å². The van der Waals surface area contributed by atoms with Crippen molar-refractivity contribution in [1.82, 2.24) is 19.7 Å². The van der Waals surface area contributed by atoms with Gasteiger partial charge >= 0.3 is 6.18 Å². The summed E-state index contributed by atoms with van der Waals surface area (Å²) >= 11 is 1.47. The van der Waals surface area contributed by atoms with Gasteiger partial charge in [-0.3, -0.25) is 4.90 Å². The van der Waals surface area contributed by atoms with E-state index in [4.69, 9.17) is 0 Å². The predicted molar refractivity (Wildman–Crippen MR) is 111 cm³/mol. The van der Waals surface area contributed by atoms with Crippen molar-refractivity contribution in [3.05, 3.63) is 77.9 Å². The minimum absolute atomic E-state index is 0.00356. The molecule has 0 radical (unpaired) electrons. The first-order chi connectivity index (χ1) is 14.8. The monoisotopic (exact) mass is 446 g/mol. The van der Waals surface area contributed by atoms with Gasteiger partial charge in [-0.25, -0.2) is 14.1 Å². The number of thiazole rings is 1. The smallest absolute Gasteiger partial charge is 0.281 e. The molecule has 9 heteroatoms. The fraction of sp³-hybridized carbons (Fsp3) is 0.273. The summed E-state index contributed by atoms with van der Waals surface area (Å²) in [6.45, 7) is -1.07. The first-order valence-electron chi connectivity index (χ1n) is 9.80. The standard InChI is InChI=1S/C22H18F4N4S/c23-17-5-3-4-15(10-17)12-29(14-22(24,25)26)21(8-9-21)16-11-27-30(13-16)20-28-18-6-1-2-7-19(18)31-20/h1-7,10-11,13H,8-9,12,14H2. The Balaban J connectivity index is 1.47. The average molecular weight is 446 g/mol. The van der Waals surface area contributed by atoms with Gasteiger partial charge in [-0.1, -0.05) is 35.6 Å². The van der Waals surface area contributed by atoms with E-state index in [0.717, 1.165) is 10.2 Å². The van der Waals surface area contributed by atoms with Crippen molar-refractivity contribution in [3.63, 3.8) is 0 Å². The summed E-state index contributed by atoms with van der Waals surface area (Å²) in [6.07, 6.45) is 0.188. The highest BCUT2D eigenvalue weighted by Gasteiger charge is 2.53. The van der Waals surface area contributed by atoms with Crippen molar-refractivity contribution in [1.29, 1.82) is 0 Å². The summed E-state index contributed by atoms with van der Waals surface area (Å²) in [5.74, 6) is -0.460. The zero-order valence-electron chi connectivity index (χ0n) is 16.3. The molecule has 4 aromatic rings. The number of benzene rings is 2. The van der Waals surface area contributed by atoms with E-state index in [9.17, 15) is 17.6 Å². The summed E-state index contributed by atoms with van der Waals surface area (Å²) in [5, 5.41) is 5.05. The van der Waals surface area contributed by atoms with E-state index in [0.29, 0.717) is 29.1 Å². The molecule has 1 aliphatic carbocycles. The fourth-order valence-corrected chi connectivity index (χ4v) is 4.86. The van der Waals surface area contributed by atoms with Gasteiger partial charge in [0.15, 0.2) is 0 Å². The molecule has 160 valence electrons. The van der Waals surface area contributed by atoms with Crippen LogP contribution >= 0.6 is 11.3 Å². The number of rotatable bonds is 6. The second-order valence-corrected chi connectivity index (χ2v) is 8.78. The summed E-state index contributed by atoms with van der Waals surface area (Å²) < 4.78 is 56.5. The molecule has 0 atom stereocenters. The molecular formula is C22H18F4N4S. The maximum atomic E-state index is 13.6. The Morgan fingerprint density at radius 2 is 1.90 bits per heavy atom. The van der Waals surface area contributed by atoms with Crippen LogP contribution in [0.4, 0.5) is 17.6 Å². The molecular weight excluding hydrogens is 428 g/mol. The Kier molecular flexibility index (Phi) is 4.82. The SMILES string of the molecule is Fc1cccc(CN(CC(F)(F)F)C2(c3cnn(-c4nc5ccccc5s4)c3)CC2)c1. The molecule has 1 saturated carbocycles. The zero-order chi connectivity index (χ0) is 21.6. The summed E-state index contributed by atoms with van der Waals surface area (Å²) in [4.78, 5) is 5.95. The fourth-order valence-electron chi connectivity index (χ4n) is 3.96. The predicted octanol–water partition coefficient (Wildman–Crippen LogP) is 5.67. The Hall–Kier alpha value is -2.78. The van der Waals surface area contributed by atoms with Gasteiger partial charge in [-0.15, -0.1) is 0 Å². The number of halogens is 4. The minimum atomic E-state index is -4.37. The van der Waals surface area contributed by atoms with Gasteiger partial charge in [0.2, 0.25) is 5.13 Å². The number of hydrogen-bond acceptors (Lipinski definition) is 4. The van der Waals surface area contributed by atoms with E-state index in [-0.39, 0.29) is 6.54 Å². The lowest BCUT2D eigenvalue weighted by Gasteiger charge is -2.32. The van der Waals surface area contributed by atoms with Gasteiger partial charge in [0.25, 0.3) is 0 Å². The van der Waals surface area contributed by atoms with E-state index in [1.165, 1.54) is 34.4 Å². The van der Waals surface area contributed by atoms with Gasteiger partial charge in [0.05, 0.1) is 28.5 Å². The second kappa shape index (κ2) is 7.42. The van der Waals surface area contributed by atoms with Crippen LogP contribution in [0.5, 0.6) is 0 Å². The number of para-hydroxylation sites is 1. The van der Waals surface area contributed by atoms with Crippen LogP contribution in [0.3, 0.4) is 0 Å². The maximum Gasteiger partial charge on any atom is 0.401 e. The Labute approximate surface area is 179 Å². The molecule has 0 saturated heterocycles. The van der Waals surface area contributed by atoms with E-state index in [2.05, 4.69) is 10.1 Å². The highest BCUT2D eigenvalue weighted by atomic mass is 32.1. The molecule has 4 nitrogen and oxygen atoms in total. The van der Waals surface area contributed by atoms with E-state index in [1.54, 1.807) is 23.1 Å². The Morgan fingerprint density at radius 1 is 1.10 bits per heavy atom. The van der Waals surface area contributed by atoms with Crippen molar-refractivity contribution in [2.45, 2.75) is 31.1 Å². The molecule has 31 heavy (non-hydrogen) atoms. The van der Waals surface area contributed by atoms with Crippen molar-refractivity contribution in [2.24, 2.45) is 0 Å². The number of alkyl halides is 3. The van der Waals surface area contributed by atoms with Crippen LogP contribution in [-0.2, 0) is 12.1 Å². The molecule has 5 rings (SSSR count). The van der Waals surface area contributed by atoms with Crippen molar-refractivity contribution < 1.29 is 17.6 Å². The molecule has 1 aliphatic rings. The topological polar surface area (TPSA) is 34.0 Å². The molecule has 2 heterocycles. The zero-order valence-corrected chi connectivity index (χ0v) is 17.1. The lowest BCUT2D eigenvalue weighted by atomic mass is 10.1. The molecule has 0 unspecified atom stereocenters. The third kappa shape index (κ3) is 4.07. The first kappa shape index (κ1) is 20.1. The first-order valence-corrected chi connectivity index (χ1v) is 10.6. The third-order valence-corrected chi connectivity index (χ3v) is 6.59. The Morgan fingerprint density at radius 3 is 2.61 bits per heavy atom. The highest BCUT2D eigenvalue weighted by molar-refractivity contribution is 7.20. The normalized spacial score (nSPS) is 15.6. The van der Waals surface area contributed by atoms with E-state index < -0.39 is 24.1 Å². The van der Waals surface area contributed by atoms with E-state index >= 15 is 0 Å². The number of hydrogen-bond donors (Lipinski definition) is 0. The summed E-state index contributed by atoms with van der Waals surface area (Å²) in [7, 11) is 0. The molecule has 0 aliphatic heterocycles. The average Bonchev–Trinajstić information content (AvgIpc) is 3.17. The number of nitrogens with zero attached hydrogens (tertiary/aromatic N) is 4. The van der Waals surface area contributed by atoms with E-state index in [1.807, 2.05) is 24.3 Å². The van der Waals surface area contributed by atoms with Gasteiger partial charge in [0, 0.05) is 18.3 Å². The highest BCUT2D eigenvalue weighted by Crippen LogP contribution is 2.52. The number of aromatic nitrogens is 3. The van der Waals surface area contributed by atoms with Crippen LogP contribution < -0.4 is 0 Å². The molecule has 2 aromatic carbocycles. The molecule has 1 fully saturated rings. The number of fused-ring (bicyclic) bond motifs is 1. The lowest BCUT2D eigenvalue weighted by molar-refractivity contribution is -0.155. The van der Waals surface area contributed by atoms with Gasteiger partial charge in [-0.05, 0) is 42.7 Å². The largest absolute Gasteiger partial charge is 0.401 e. The van der Waals surface area contributed by atoms with Gasteiger partial charge < -0.3 is 0 Å². The Bertz CT molecular complexity index is 1190. The van der Waals surface area contributed by atoms with Crippen LogP contribution in [0.2, 0.25) is 0 Å². The van der Waals surface area contributed by atoms with Crippen LogP contribution in [0, 0.1) is 5.82 Å². The lowest BCUT2D eigenvalue weighted by Crippen LogP contribution is -2.41. The van der Waals surface area contributed by atoms with Crippen molar-refractivity contribution in [3.8, 4) is 5.13 Å². The minimum Gasteiger partial charge on any atom is -0.281 e. The van der Waals surface area contributed by atoms with Crippen LogP contribution in [-0.4, -0.2) is 32.4 Å². The van der Waals surface area contributed by atoms with Crippen LogP contribution in [0.15, 0.2) is 60.9 Å². The quantitative estimate of drug-likeness (QED) is 0.358. The van der Waals surface area contributed by atoms with Crippen molar-refractivity contribution in [2.75, 3.05) is 6.54 Å². The summed E-state index contributed by atoms with van der Waals surface area (Å²) in [5.41, 5.74) is 1.31. The van der Waals surface area contributed by atoms with Gasteiger partial charge in [0.1, 0.15) is 5.82 Å². The summed E-state index contributed by atoms with van der Waals surface area (Å²) in [6, 6.07) is 13.4. The third-order valence-electron chi connectivity index (χ3n) is 5.56. The molecule has 0 bridgehead atoms. The van der Waals surface area contributed by atoms with Crippen molar-refractivity contribution >= 4 is 21.6 Å². The molecule has 0 N–H and O–H groups in total. The molecule has 0 amide bonds. The van der Waals surface area contributed by atoms with Gasteiger partial charge in [-0.2, -0.15) is 18.3 Å².